The van der Waals surface area contributed by atoms with Crippen LogP contribution in [0.1, 0.15) is 18.1 Å². The van der Waals surface area contributed by atoms with Crippen LogP contribution in [0, 0.1) is 6.92 Å². The van der Waals surface area contributed by atoms with Gasteiger partial charge in [-0.25, -0.2) is 5.43 Å². The van der Waals surface area contributed by atoms with E-state index < -0.39 is 0 Å². The zero-order chi connectivity index (χ0) is 16.7. The number of carbonyl (C=O) groups is 1. The molecule has 0 saturated carbocycles. The van der Waals surface area contributed by atoms with Crippen LogP contribution in [0.2, 0.25) is 0 Å². The summed E-state index contributed by atoms with van der Waals surface area (Å²) in [5, 5.41) is 7.15. The number of methoxy groups -OCH3 is 1. The van der Waals surface area contributed by atoms with Crippen LogP contribution >= 0.6 is 0 Å². The normalized spacial score (nSPS) is 11.0. The molecule has 0 fully saturated rings. The van der Waals surface area contributed by atoms with Gasteiger partial charge in [-0.15, -0.1) is 0 Å². The summed E-state index contributed by atoms with van der Waals surface area (Å²) in [6, 6.07) is 15.4. The van der Waals surface area contributed by atoms with Crippen molar-refractivity contribution in [1.82, 2.24) is 5.43 Å². The van der Waals surface area contributed by atoms with Crippen LogP contribution in [0.3, 0.4) is 0 Å². The first kappa shape index (κ1) is 16.5. The number of amides is 1. The Hall–Kier alpha value is -2.82. The monoisotopic (exact) mass is 311 g/mol. The van der Waals surface area contributed by atoms with Crippen molar-refractivity contribution in [2.75, 3.05) is 19.0 Å². The number of hydrogen-bond donors (Lipinski definition) is 2. The third-order valence-corrected chi connectivity index (χ3v) is 3.36. The number of hydrazone groups is 1. The van der Waals surface area contributed by atoms with Gasteiger partial charge in [-0.05, 0) is 43.7 Å². The standard InChI is InChI=1S/C18H21N3O2/c1-13-4-6-15(7-5-13)14(2)20-21-18(22)12-19-16-8-10-17(23-3)11-9-16/h4-11,19H,12H2,1-3H3,(H,21,22). The maximum absolute atomic E-state index is 11.8. The quantitative estimate of drug-likeness (QED) is 0.637. The van der Waals surface area contributed by atoms with E-state index in [1.54, 1.807) is 7.11 Å². The third kappa shape index (κ3) is 5.14. The van der Waals surface area contributed by atoms with Crippen molar-refractivity contribution in [2.45, 2.75) is 13.8 Å². The van der Waals surface area contributed by atoms with Gasteiger partial charge in [0.1, 0.15) is 5.75 Å². The van der Waals surface area contributed by atoms with Crippen LogP contribution in [0.5, 0.6) is 5.75 Å². The zero-order valence-corrected chi connectivity index (χ0v) is 13.6. The molecule has 0 saturated heterocycles. The lowest BCUT2D eigenvalue weighted by Crippen LogP contribution is -2.26. The predicted molar refractivity (Wildman–Crippen MR) is 93.0 cm³/mol. The maximum atomic E-state index is 11.8. The number of aryl methyl sites for hydroxylation is 1. The highest BCUT2D eigenvalue weighted by Crippen LogP contribution is 2.14. The first-order valence-electron chi connectivity index (χ1n) is 7.36. The van der Waals surface area contributed by atoms with E-state index in [9.17, 15) is 4.79 Å². The molecule has 2 N–H and O–H groups in total. The minimum atomic E-state index is -0.202. The molecule has 0 aliphatic carbocycles. The largest absolute Gasteiger partial charge is 0.497 e. The van der Waals surface area contributed by atoms with Gasteiger partial charge in [-0.2, -0.15) is 5.10 Å². The van der Waals surface area contributed by atoms with Crippen LogP contribution in [-0.4, -0.2) is 25.3 Å². The predicted octanol–water partition coefficient (Wildman–Crippen LogP) is 2.96. The van der Waals surface area contributed by atoms with Crippen molar-refractivity contribution >= 4 is 17.3 Å². The topological polar surface area (TPSA) is 62.7 Å². The molecule has 2 aromatic carbocycles. The number of ether oxygens (including phenoxy) is 1. The van der Waals surface area contributed by atoms with Crippen molar-refractivity contribution in [3.8, 4) is 5.75 Å². The second kappa shape index (κ2) is 7.98. The smallest absolute Gasteiger partial charge is 0.259 e. The fourth-order valence-electron chi connectivity index (χ4n) is 1.94. The number of anilines is 1. The average molecular weight is 311 g/mol. The first-order chi connectivity index (χ1) is 11.1. The Morgan fingerprint density at radius 1 is 1.09 bits per heavy atom. The van der Waals surface area contributed by atoms with E-state index in [2.05, 4.69) is 15.8 Å². The molecule has 0 unspecified atom stereocenters. The second-order valence-corrected chi connectivity index (χ2v) is 5.18. The average Bonchev–Trinajstić information content (AvgIpc) is 2.59. The second-order valence-electron chi connectivity index (χ2n) is 5.18. The van der Waals surface area contributed by atoms with Gasteiger partial charge in [0.25, 0.3) is 5.91 Å². The van der Waals surface area contributed by atoms with Crippen molar-refractivity contribution in [3.63, 3.8) is 0 Å². The SMILES string of the molecule is COc1ccc(NCC(=O)NN=C(C)c2ccc(C)cc2)cc1. The van der Waals surface area contributed by atoms with Gasteiger partial charge in [0, 0.05) is 5.69 Å². The number of nitrogens with zero attached hydrogens (tertiary/aromatic N) is 1. The van der Waals surface area contributed by atoms with Crippen LogP contribution < -0.4 is 15.5 Å². The molecule has 0 aliphatic heterocycles. The molecule has 0 spiro atoms. The Bertz CT molecular complexity index is 676. The summed E-state index contributed by atoms with van der Waals surface area (Å²) in [4.78, 5) is 11.8. The fraction of sp³-hybridized carbons (Fsp3) is 0.222. The van der Waals surface area contributed by atoms with Crippen LogP contribution in [0.15, 0.2) is 53.6 Å². The lowest BCUT2D eigenvalue weighted by molar-refractivity contribution is -0.119. The third-order valence-electron chi connectivity index (χ3n) is 3.36. The molecule has 2 rings (SSSR count). The minimum Gasteiger partial charge on any atom is -0.497 e. The molecular weight excluding hydrogens is 290 g/mol. The molecule has 0 aromatic heterocycles. The maximum Gasteiger partial charge on any atom is 0.259 e. The van der Waals surface area contributed by atoms with Gasteiger partial charge in [0.2, 0.25) is 0 Å². The molecule has 0 radical (unpaired) electrons. The molecular formula is C18H21N3O2. The highest BCUT2D eigenvalue weighted by atomic mass is 16.5. The summed E-state index contributed by atoms with van der Waals surface area (Å²) < 4.78 is 5.08. The summed E-state index contributed by atoms with van der Waals surface area (Å²) in [6.45, 7) is 4.04. The van der Waals surface area contributed by atoms with Gasteiger partial charge < -0.3 is 10.1 Å². The molecule has 2 aromatic rings. The lowest BCUT2D eigenvalue weighted by Gasteiger charge is -2.07. The molecule has 23 heavy (non-hydrogen) atoms. The van der Waals surface area contributed by atoms with Gasteiger partial charge in [0.05, 0.1) is 19.4 Å². The van der Waals surface area contributed by atoms with E-state index in [1.165, 1.54) is 5.56 Å². The van der Waals surface area contributed by atoms with Crippen LogP contribution in [0.25, 0.3) is 0 Å². The summed E-state index contributed by atoms with van der Waals surface area (Å²) in [5.41, 5.74) is 6.34. The van der Waals surface area contributed by atoms with Gasteiger partial charge in [-0.3, -0.25) is 4.79 Å². The Kier molecular flexibility index (Phi) is 5.74. The van der Waals surface area contributed by atoms with E-state index in [4.69, 9.17) is 4.74 Å². The van der Waals surface area contributed by atoms with Crippen molar-refractivity contribution in [3.05, 3.63) is 59.7 Å². The van der Waals surface area contributed by atoms with Gasteiger partial charge >= 0.3 is 0 Å². The Labute approximate surface area is 136 Å². The summed E-state index contributed by atoms with van der Waals surface area (Å²) in [7, 11) is 1.62. The summed E-state index contributed by atoms with van der Waals surface area (Å²) in [5.74, 6) is 0.575. The van der Waals surface area contributed by atoms with Crippen LogP contribution in [0.4, 0.5) is 5.69 Å². The van der Waals surface area contributed by atoms with E-state index in [1.807, 2.05) is 62.4 Å². The summed E-state index contributed by atoms with van der Waals surface area (Å²) >= 11 is 0. The number of nitrogens with one attached hydrogen (secondary N) is 2. The number of hydrogen-bond acceptors (Lipinski definition) is 4. The zero-order valence-electron chi connectivity index (χ0n) is 13.6. The number of rotatable bonds is 6. The molecule has 0 bridgehead atoms. The van der Waals surface area contributed by atoms with Gasteiger partial charge in [-0.1, -0.05) is 29.8 Å². The van der Waals surface area contributed by atoms with E-state index in [0.717, 1.165) is 22.7 Å². The molecule has 1 amide bonds. The molecule has 0 aliphatic rings. The van der Waals surface area contributed by atoms with E-state index in [0.29, 0.717) is 0 Å². The Balaban J connectivity index is 1.84. The number of carbonyl (C=O) groups excluding carboxylic acids is 1. The van der Waals surface area contributed by atoms with Crippen molar-refractivity contribution < 1.29 is 9.53 Å². The molecule has 5 heteroatoms. The minimum absolute atomic E-state index is 0.150. The lowest BCUT2D eigenvalue weighted by atomic mass is 10.1. The Morgan fingerprint density at radius 3 is 2.35 bits per heavy atom. The van der Waals surface area contributed by atoms with Crippen LogP contribution in [-0.2, 0) is 4.79 Å². The summed E-state index contributed by atoms with van der Waals surface area (Å²) in [6.07, 6.45) is 0. The molecule has 0 heterocycles. The van der Waals surface area contributed by atoms with E-state index >= 15 is 0 Å². The fourth-order valence-corrected chi connectivity index (χ4v) is 1.94. The highest BCUT2D eigenvalue weighted by molar-refractivity contribution is 5.99. The van der Waals surface area contributed by atoms with Gasteiger partial charge in [0.15, 0.2) is 0 Å². The molecule has 5 nitrogen and oxygen atoms in total. The Morgan fingerprint density at radius 2 is 1.74 bits per heavy atom. The molecule has 120 valence electrons. The molecule has 0 atom stereocenters. The highest BCUT2D eigenvalue weighted by Gasteiger charge is 2.02. The number of benzene rings is 2. The van der Waals surface area contributed by atoms with Crippen molar-refractivity contribution in [1.29, 1.82) is 0 Å². The van der Waals surface area contributed by atoms with Crippen molar-refractivity contribution in [2.24, 2.45) is 5.10 Å². The first-order valence-corrected chi connectivity index (χ1v) is 7.36. The van der Waals surface area contributed by atoms with E-state index in [-0.39, 0.29) is 12.5 Å².